The predicted octanol–water partition coefficient (Wildman–Crippen LogP) is 1.84. The summed E-state index contributed by atoms with van der Waals surface area (Å²) in [4.78, 5) is 16.1. The van der Waals surface area contributed by atoms with Gasteiger partial charge in [0.15, 0.2) is 0 Å². The third-order valence-corrected chi connectivity index (χ3v) is 3.01. The van der Waals surface area contributed by atoms with Crippen LogP contribution in [-0.4, -0.2) is 44.2 Å². The number of benzene rings is 1. The summed E-state index contributed by atoms with van der Waals surface area (Å²) in [6, 6.07) is 12.7. The highest BCUT2D eigenvalue weighted by Crippen LogP contribution is 2.20. The Morgan fingerprint density at radius 3 is 2.70 bits per heavy atom. The maximum absolute atomic E-state index is 12.1. The molecule has 6 heteroatoms. The Morgan fingerprint density at radius 1 is 1.09 bits per heavy atom. The first-order valence-electron chi connectivity index (χ1n) is 7.46. The number of hydrogen-bond acceptors (Lipinski definition) is 5. The van der Waals surface area contributed by atoms with Gasteiger partial charge in [-0.1, -0.05) is 18.2 Å². The molecule has 0 saturated heterocycles. The van der Waals surface area contributed by atoms with E-state index in [1.54, 1.807) is 25.4 Å². The fourth-order valence-corrected chi connectivity index (χ4v) is 1.88. The van der Waals surface area contributed by atoms with Crippen LogP contribution < -0.4 is 15.4 Å². The number of pyridine rings is 1. The molecule has 0 unspecified atom stereocenters. The summed E-state index contributed by atoms with van der Waals surface area (Å²) >= 11 is 0. The molecule has 23 heavy (non-hydrogen) atoms. The van der Waals surface area contributed by atoms with E-state index in [0.717, 1.165) is 6.54 Å². The van der Waals surface area contributed by atoms with Crippen molar-refractivity contribution in [1.82, 2.24) is 15.6 Å². The van der Waals surface area contributed by atoms with Crippen LogP contribution in [0.5, 0.6) is 11.5 Å². The fraction of sp³-hybridized carbons (Fsp3) is 0.294. The van der Waals surface area contributed by atoms with Crippen molar-refractivity contribution in [3.8, 4) is 11.5 Å². The number of aromatic nitrogens is 1. The Morgan fingerprint density at radius 2 is 1.91 bits per heavy atom. The van der Waals surface area contributed by atoms with E-state index in [0.29, 0.717) is 36.9 Å². The highest BCUT2D eigenvalue weighted by molar-refractivity contribution is 5.92. The number of para-hydroxylation sites is 1. The number of amides is 1. The molecule has 0 radical (unpaired) electrons. The zero-order valence-corrected chi connectivity index (χ0v) is 13.1. The Bertz CT molecular complexity index is 605. The molecular formula is C17H21N3O3. The lowest BCUT2D eigenvalue weighted by Crippen LogP contribution is -2.33. The Labute approximate surface area is 135 Å². The molecule has 0 spiro atoms. The standard InChI is InChI=1S/C17H21N3O3/c1-22-12-11-18-9-10-20-17(21)16-13-15(7-8-19-16)23-14-5-3-2-4-6-14/h2-8,13,18H,9-12H2,1H3,(H,20,21). The molecule has 1 aromatic carbocycles. The summed E-state index contributed by atoms with van der Waals surface area (Å²) in [5.74, 6) is 1.07. The summed E-state index contributed by atoms with van der Waals surface area (Å²) in [7, 11) is 1.65. The van der Waals surface area contributed by atoms with Crippen LogP contribution in [0.25, 0.3) is 0 Å². The maximum Gasteiger partial charge on any atom is 0.270 e. The van der Waals surface area contributed by atoms with Gasteiger partial charge in [-0.25, -0.2) is 0 Å². The number of carbonyl (C=O) groups is 1. The summed E-state index contributed by atoms with van der Waals surface area (Å²) in [5, 5.41) is 5.96. The van der Waals surface area contributed by atoms with E-state index in [1.807, 2.05) is 30.3 Å². The van der Waals surface area contributed by atoms with Crippen LogP contribution in [0.2, 0.25) is 0 Å². The van der Waals surface area contributed by atoms with Gasteiger partial charge in [-0.05, 0) is 18.2 Å². The molecule has 6 nitrogen and oxygen atoms in total. The summed E-state index contributed by atoms with van der Waals surface area (Å²) in [5.41, 5.74) is 0.329. The molecule has 1 aromatic heterocycles. The summed E-state index contributed by atoms with van der Waals surface area (Å²) in [6.07, 6.45) is 1.56. The van der Waals surface area contributed by atoms with Crippen LogP contribution in [0.1, 0.15) is 10.5 Å². The van der Waals surface area contributed by atoms with Crippen LogP contribution in [-0.2, 0) is 4.74 Å². The van der Waals surface area contributed by atoms with Crippen LogP contribution in [0, 0.1) is 0 Å². The number of carbonyl (C=O) groups excluding carboxylic acids is 1. The molecule has 0 aliphatic heterocycles. The zero-order chi connectivity index (χ0) is 16.3. The second kappa shape index (κ2) is 9.55. The molecule has 0 atom stereocenters. The largest absolute Gasteiger partial charge is 0.457 e. The van der Waals surface area contributed by atoms with Gasteiger partial charge in [0.05, 0.1) is 6.61 Å². The van der Waals surface area contributed by atoms with Crippen molar-refractivity contribution in [1.29, 1.82) is 0 Å². The molecule has 2 rings (SSSR count). The minimum atomic E-state index is -0.225. The first-order chi connectivity index (χ1) is 11.3. The minimum Gasteiger partial charge on any atom is -0.457 e. The third-order valence-electron chi connectivity index (χ3n) is 3.01. The highest BCUT2D eigenvalue weighted by Gasteiger charge is 2.08. The van der Waals surface area contributed by atoms with Crippen LogP contribution >= 0.6 is 0 Å². The van der Waals surface area contributed by atoms with E-state index >= 15 is 0 Å². The lowest BCUT2D eigenvalue weighted by molar-refractivity contribution is 0.0948. The first-order valence-corrected chi connectivity index (χ1v) is 7.46. The van der Waals surface area contributed by atoms with Crippen molar-refractivity contribution in [3.05, 3.63) is 54.4 Å². The van der Waals surface area contributed by atoms with Gasteiger partial charge in [0.2, 0.25) is 0 Å². The molecular weight excluding hydrogens is 294 g/mol. The molecule has 1 heterocycles. The monoisotopic (exact) mass is 315 g/mol. The van der Waals surface area contributed by atoms with E-state index in [9.17, 15) is 4.79 Å². The van der Waals surface area contributed by atoms with E-state index < -0.39 is 0 Å². The topological polar surface area (TPSA) is 72.5 Å². The first kappa shape index (κ1) is 16.9. The van der Waals surface area contributed by atoms with Gasteiger partial charge >= 0.3 is 0 Å². The Hall–Kier alpha value is -2.44. The maximum atomic E-state index is 12.1. The lowest BCUT2D eigenvalue weighted by Gasteiger charge is -2.08. The molecule has 0 aliphatic carbocycles. The SMILES string of the molecule is COCCNCCNC(=O)c1cc(Oc2ccccc2)ccn1. The number of nitrogens with one attached hydrogen (secondary N) is 2. The highest BCUT2D eigenvalue weighted by atomic mass is 16.5. The molecule has 0 fully saturated rings. The third kappa shape index (κ3) is 6.06. The fourth-order valence-electron chi connectivity index (χ4n) is 1.88. The number of nitrogens with zero attached hydrogens (tertiary/aromatic N) is 1. The van der Waals surface area contributed by atoms with E-state index in [1.165, 1.54) is 0 Å². The van der Waals surface area contributed by atoms with Gasteiger partial charge in [-0.15, -0.1) is 0 Å². The van der Waals surface area contributed by atoms with Crippen LogP contribution in [0.3, 0.4) is 0 Å². The van der Waals surface area contributed by atoms with Crippen LogP contribution in [0.4, 0.5) is 0 Å². The molecule has 0 aliphatic rings. The number of rotatable bonds is 9. The smallest absolute Gasteiger partial charge is 0.270 e. The number of methoxy groups -OCH3 is 1. The summed E-state index contributed by atoms with van der Waals surface area (Å²) in [6.45, 7) is 2.60. The average molecular weight is 315 g/mol. The van der Waals surface area contributed by atoms with Crippen molar-refractivity contribution in [3.63, 3.8) is 0 Å². The summed E-state index contributed by atoms with van der Waals surface area (Å²) < 4.78 is 10.6. The van der Waals surface area contributed by atoms with Gasteiger partial charge in [0.1, 0.15) is 17.2 Å². The minimum absolute atomic E-state index is 0.225. The van der Waals surface area contributed by atoms with E-state index in [-0.39, 0.29) is 5.91 Å². The quantitative estimate of drug-likeness (QED) is 0.691. The predicted molar refractivity (Wildman–Crippen MR) is 87.8 cm³/mol. The lowest BCUT2D eigenvalue weighted by atomic mass is 10.3. The Balaban J connectivity index is 1.83. The molecule has 122 valence electrons. The van der Waals surface area contributed by atoms with Gasteiger partial charge in [-0.2, -0.15) is 0 Å². The molecule has 1 amide bonds. The van der Waals surface area contributed by atoms with Crippen molar-refractivity contribution in [2.24, 2.45) is 0 Å². The van der Waals surface area contributed by atoms with Crippen molar-refractivity contribution < 1.29 is 14.3 Å². The average Bonchev–Trinajstić information content (AvgIpc) is 2.59. The molecule has 2 aromatic rings. The number of ether oxygens (including phenoxy) is 2. The van der Waals surface area contributed by atoms with Gasteiger partial charge in [0, 0.05) is 39.0 Å². The van der Waals surface area contributed by atoms with Crippen LogP contribution in [0.15, 0.2) is 48.7 Å². The Kier molecular flexibility index (Phi) is 7.03. The van der Waals surface area contributed by atoms with Crippen molar-refractivity contribution in [2.75, 3.05) is 33.4 Å². The van der Waals surface area contributed by atoms with Gasteiger partial charge in [0.25, 0.3) is 5.91 Å². The van der Waals surface area contributed by atoms with E-state index in [2.05, 4.69) is 15.6 Å². The molecule has 0 bridgehead atoms. The number of hydrogen-bond donors (Lipinski definition) is 2. The van der Waals surface area contributed by atoms with Crippen molar-refractivity contribution >= 4 is 5.91 Å². The normalized spacial score (nSPS) is 10.3. The van der Waals surface area contributed by atoms with E-state index in [4.69, 9.17) is 9.47 Å². The molecule has 2 N–H and O–H groups in total. The second-order valence-electron chi connectivity index (χ2n) is 4.79. The van der Waals surface area contributed by atoms with Crippen molar-refractivity contribution in [2.45, 2.75) is 0 Å². The van der Waals surface area contributed by atoms with Gasteiger partial charge in [-0.3, -0.25) is 9.78 Å². The molecule has 0 saturated carbocycles. The second-order valence-corrected chi connectivity index (χ2v) is 4.79. The zero-order valence-electron chi connectivity index (χ0n) is 13.1. The van der Waals surface area contributed by atoms with Gasteiger partial charge < -0.3 is 20.1 Å².